The molecule has 2 rings (SSSR count). The molecule has 2 N–H and O–H groups in total. The van der Waals surface area contributed by atoms with Crippen molar-refractivity contribution in [3.63, 3.8) is 0 Å². The van der Waals surface area contributed by atoms with Crippen LogP contribution in [0.15, 0.2) is 6.33 Å². The lowest BCUT2D eigenvalue weighted by molar-refractivity contribution is 0.676. The molecule has 1 aromatic rings. The van der Waals surface area contributed by atoms with E-state index in [4.69, 9.17) is 0 Å². The molecule has 106 valence electrons. The van der Waals surface area contributed by atoms with Gasteiger partial charge in [-0.25, -0.2) is 9.97 Å². The first-order valence-corrected chi connectivity index (χ1v) is 8.27. The molecule has 0 aromatic carbocycles. The van der Waals surface area contributed by atoms with Crippen molar-refractivity contribution in [3.8, 4) is 0 Å². The van der Waals surface area contributed by atoms with Gasteiger partial charge in [0.25, 0.3) is 0 Å². The molecule has 5 heteroatoms. The van der Waals surface area contributed by atoms with E-state index in [1.165, 1.54) is 25.0 Å². The zero-order valence-electron chi connectivity index (χ0n) is 11.9. The lowest BCUT2D eigenvalue weighted by atomic mass is 10.2. The van der Waals surface area contributed by atoms with E-state index in [1.807, 2.05) is 0 Å². The topological polar surface area (TPSA) is 49.8 Å². The lowest BCUT2D eigenvalue weighted by Gasteiger charge is -2.22. The summed E-state index contributed by atoms with van der Waals surface area (Å²) in [6.07, 6.45) is 6.80. The maximum atomic E-state index is 4.36. The summed E-state index contributed by atoms with van der Waals surface area (Å²) in [6, 6.07) is 0. The quantitative estimate of drug-likeness (QED) is 0.837. The van der Waals surface area contributed by atoms with E-state index in [0.717, 1.165) is 42.0 Å². The van der Waals surface area contributed by atoms with Crippen LogP contribution < -0.4 is 10.6 Å². The predicted octanol–water partition coefficient (Wildman–Crippen LogP) is 3.30. The monoisotopic (exact) mass is 280 g/mol. The summed E-state index contributed by atoms with van der Waals surface area (Å²) >= 11 is 2.08. The normalized spacial score (nSPS) is 19.2. The average Bonchev–Trinajstić information content (AvgIpc) is 2.46. The van der Waals surface area contributed by atoms with E-state index in [9.17, 15) is 0 Å². The first-order chi connectivity index (χ1) is 9.31. The summed E-state index contributed by atoms with van der Waals surface area (Å²) in [7, 11) is 0. The van der Waals surface area contributed by atoms with E-state index >= 15 is 0 Å². The number of anilines is 2. The third-order valence-corrected chi connectivity index (χ3v) is 4.80. The van der Waals surface area contributed by atoms with Crippen LogP contribution in [-0.4, -0.2) is 34.1 Å². The fraction of sp³-hybridized carbons (Fsp3) is 0.714. The van der Waals surface area contributed by atoms with Crippen molar-refractivity contribution < 1.29 is 0 Å². The first kappa shape index (κ1) is 14.4. The maximum absolute atomic E-state index is 4.36. The molecule has 0 saturated carbocycles. The summed E-state index contributed by atoms with van der Waals surface area (Å²) in [5, 5.41) is 7.56. The Morgan fingerprint density at radius 1 is 1.26 bits per heavy atom. The Labute approximate surface area is 120 Å². The maximum Gasteiger partial charge on any atom is 0.134 e. The van der Waals surface area contributed by atoms with Gasteiger partial charge < -0.3 is 10.6 Å². The van der Waals surface area contributed by atoms with Gasteiger partial charge in [-0.05, 0) is 31.9 Å². The smallest absolute Gasteiger partial charge is 0.134 e. The van der Waals surface area contributed by atoms with Crippen LogP contribution in [0, 0.1) is 6.92 Å². The van der Waals surface area contributed by atoms with Gasteiger partial charge in [0.15, 0.2) is 0 Å². The van der Waals surface area contributed by atoms with Crippen molar-refractivity contribution in [1.82, 2.24) is 9.97 Å². The fourth-order valence-electron chi connectivity index (χ4n) is 2.23. The van der Waals surface area contributed by atoms with Crippen molar-refractivity contribution >= 4 is 23.4 Å². The third kappa shape index (κ3) is 4.27. The Balaban J connectivity index is 1.91. The standard InChI is InChI=1S/C14H24N4S/c1-3-7-15-13-11(2)14(18-10-17-13)16-9-12-6-4-5-8-19-12/h10,12H,3-9H2,1-2H3,(H2,15,16,17,18). The summed E-state index contributed by atoms with van der Waals surface area (Å²) in [4.78, 5) is 8.66. The minimum Gasteiger partial charge on any atom is -0.370 e. The molecular weight excluding hydrogens is 256 g/mol. The molecule has 0 radical (unpaired) electrons. The van der Waals surface area contributed by atoms with Gasteiger partial charge in [-0.2, -0.15) is 11.8 Å². The van der Waals surface area contributed by atoms with Crippen LogP contribution in [0.25, 0.3) is 0 Å². The fourth-order valence-corrected chi connectivity index (χ4v) is 3.47. The second kappa shape index (κ2) is 7.58. The molecule has 1 fully saturated rings. The highest BCUT2D eigenvalue weighted by atomic mass is 32.2. The van der Waals surface area contributed by atoms with E-state index in [0.29, 0.717) is 0 Å². The molecule has 1 aliphatic rings. The molecule has 1 unspecified atom stereocenters. The first-order valence-electron chi connectivity index (χ1n) is 7.22. The molecule has 0 aliphatic carbocycles. The molecule has 1 aliphatic heterocycles. The Bertz CT molecular complexity index is 391. The Morgan fingerprint density at radius 2 is 2.05 bits per heavy atom. The van der Waals surface area contributed by atoms with Gasteiger partial charge in [0.2, 0.25) is 0 Å². The van der Waals surface area contributed by atoms with Crippen LogP contribution in [0.2, 0.25) is 0 Å². The van der Waals surface area contributed by atoms with Crippen LogP contribution in [0.1, 0.15) is 38.2 Å². The zero-order chi connectivity index (χ0) is 13.5. The summed E-state index contributed by atoms with van der Waals surface area (Å²) in [5.41, 5.74) is 1.12. The van der Waals surface area contributed by atoms with Crippen molar-refractivity contribution in [2.75, 3.05) is 29.5 Å². The molecule has 4 nitrogen and oxygen atoms in total. The van der Waals surface area contributed by atoms with Gasteiger partial charge >= 0.3 is 0 Å². The van der Waals surface area contributed by atoms with E-state index in [1.54, 1.807) is 6.33 Å². The molecule has 1 atom stereocenters. The summed E-state index contributed by atoms with van der Waals surface area (Å²) in [6.45, 7) is 6.20. The molecule has 19 heavy (non-hydrogen) atoms. The zero-order valence-corrected chi connectivity index (χ0v) is 12.7. The number of hydrogen-bond acceptors (Lipinski definition) is 5. The third-order valence-electron chi connectivity index (χ3n) is 3.40. The number of hydrogen-bond donors (Lipinski definition) is 2. The van der Waals surface area contributed by atoms with E-state index in [2.05, 4.69) is 46.2 Å². The van der Waals surface area contributed by atoms with Gasteiger partial charge in [-0.3, -0.25) is 0 Å². The molecule has 1 aromatic heterocycles. The number of rotatable bonds is 6. The Morgan fingerprint density at radius 3 is 2.74 bits per heavy atom. The highest BCUT2D eigenvalue weighted by molar-refractivity contribution is 7.99. The molecule has 0 bridgehead atoms. The van der Waals surface area contributed by atoms with E-state index < -0.39 is 0 Å². The molecule has 1 saturated heterocycles. The highest BCUT2D eigenvalue weighted by Crippen LogP contribution is 2.26. The lowest BCUT2D eigenvalue weighted by Crippen LogP contribution is -2.21. The largest absolute Gasteiger partial charge is 0.370 e. The van der Waals surface area contributed by atoms with Gasteiger partial charge in [0.05, 0.1) is 0 Å². The Kier molecular flexibility index (Phi) is 5.76. The van der Waals surface area contributed by atoms with Gasteiger partial charge in [-0.1, -0.05) is 13.3 Å². The number of nitrogens with one attached hydrogen (secondary N) is 2. The van der Waals surface area contributed by atoms with Crippen LogP contribution in [0.4, 0.5) is 11.6 Å². The average molecular weight is 280 g/mol. The SMILES string of the molecule is CCCNc1ncnc(NCC2CCCCS2)c1C. The van der Waals surface area contributed by atoms with Crippen molar-refractivity contribution in [1.29, 1.82) is 0 Å². The summed E-state index contributed by atoms with van der Waals surface area (Å²) < 4.78 is 0. The molecule has 2 heterocycles. The van der Waals surface area contributed by atoms with Crippen LogP contribution in [0.5, 0.6) is 0 Å². The second-order valence-electron chi connectivity index (χ2n) is 4.99. The second-order valence-corrected chi connectivity index (χ2v) is 6.40. The van der Waals surface area contributed by atoms with Gasteiger partial charge in [0, 0.05) is 23.9 Å². The molecular formula is C14H24N4S. The molecule has 0 amide bonds. The minimum absolute atomic E-state index is 0.732. The van der Waals surface area contributed by atoms with Crippen LogP contribution in [-0.2, 0) is 0 Å². The van der Waals surface area contributed by atoms with Gasteiger partial charge in [-0.15, -0.1) is 0 Å². The van der Waals surface area contributed by atoms with Crippen molar-refractivity contribution in [2.24, 2.45) is 0 Å². The number of nitrogens with zero attached hydrogens (tertiary/aromatic N) is 2. The van der Waals surface area contributed by atoms with Crippen molar-refractivity contribution in [2.45, 2.75) is 44.8 Å². The number of aromatic nitrogens is 2. The van der Waals surface area contributed by atoms with E-state index in [-0.39, 0.29) is 0 Å². The highest BCUT2D eigenvalue weighted by Gasteiger charge is 2.14. The predicted molar refractivity (Wildman–Crippen MR) is 84.1 cm³/mol. The van der Waals surface area contributed by atoms with Crippen LogP contribution >= 0.6 is 11.8 Å². The van der Waals surface area contributed by atoms with Crippen LogP contribution in [0.3, 0.4) is 0 Å². The Hall–Kier alpha value is -0.970. The summed E-state index contributed by atoms with van der Waals surface area (Å²) in [5.74, 6) is 3.23. The molecule has 0 spiro atoms. The van der Waals surface area contributed by atoms with Crippen molar-refractivity contribution in [3.05, 3.63) is 11.9 Å². The van der Waals surface area contributed by atoms with Gasteiger partial charge in [0.1, 0.15) is 18.0 Å². The number of thioether (sulfide) groups is 1. The minimum atomic E-state index is 0.732.